The summed E-state index contributed by atoms with van der Waals surface area (Å²) in [6.07, 6.45) is 0.592. The molecule has 3 aromatic rings. The lowest BCUT2D eigenvalue weighted by Crippen LogP contribution is -2.24. The van der Waals surface area contributed by atoms with Crippen molar-refractivity contribution in [1.29, 1.82) is 0 Å². The zero-order chi connectivity index (χ0) is 18.0. The van der Waals surface area contributed by atoms with E-state index in [-0.39, 0.29) is 17.7 Å². The van der Waals surface area contributed by atoms with E-state index < -0.39 is 0 Å². The quantitative estimate of drug-likeness (QED) is 0.693. The van der Waals surface area contributed by atoms with Crippen LogP contribution in [0, 0.1) is 13.8 Å². The summed E-state index contributed by atoms with van der Waals surface area (Å²) in [5.41, 5.74) is 2.78. The summed E-state index contributed by atoms with van der Waals surface area (Å²) >= 11 is 0. The molecule has 1 aromatic carbocycles. The van der Waals surface area contributed by atoms with Crippen molar-refractivity contribution < 1.29 is 9.32 Å². The van der Waals surface area contributed by atoms with E-state index in [9.17, 15) is 4.79 Å². The SMILES string of the molecule is CNC(C)Cc1noc(C(=O)c2c(C)nn(-c3ccccc3)c2C)n1. The van der Waals surface area contributed by atoms with Crippen molar-refractivity contribution in [2.75, 3.05) is 7.05 Å². The first-order chi connectivity index (χ1) is 12.0. The molecular weight excluding hydrogens is 318 g/mol. The number of para-hydroxylation sites is 1. The van der Waals surface area contributed by atoms with Gasteiger partial charge >= 0.3 is 0 Å². The van der Waals surface area contributed by atoms with E-state index in [1.807, 2.05) is 51.2 Å². The molecular formula is C18H21N5O2. The molecule has 130 valence electrons. The Morgan fingerprint density at radius 1 is 1.28 bits per heavy atom. The van der Waals surface area contributed by atoms with E-state index in [2.05, 4.69) is 20.6 Å². The first-order valence-electron chi connectivity index (χ1n) is 8.17. The zero-order valence-corrected chi connectivity index (χ0v) is 14.8. The summed E-state index contributed by atoms with van der Waals surface area (Å²) in [5.74, 6) is 0.209. The van der Waals surface area contributed by atoms with Crippen LogP contribution in [0.1, 0.15) is 40.4 Å². The third-order valence-electron chi connectivity index (χ3n) is 4.16. The van der Waals surface area contributed by atoms with Crippen molar-refractivity contribution in [3.8, 4) is 5.69 Å². The van der Waals surface area contributed by atoms with Crippen molar-refractivity contribution in [2.24, 2.45) is 0 Å². The predicted octanol–water partition coefficient (Wildman–Crippen LogP) is 2.25. The fourth-order valence-electron chi connectivity index (χ4n) is 2.70. The zero-order valence-electron chi connectivity index (χ0n) is 14.8. The minimum absolute atomic E-state index is 0.00267. The average molecular weight is 339 g/mol. The lowest BCUT2D eigenvalue weighted by Gasteiger charge is -2.04. The van der Waals surface area contributed by atoms with Crippen LogP contribution in [0.2, 0.25) is 0 Å². The maximum absolute atomic E-state index is 12.8. The molecule has 7 heteroatoms. The third-order valence-corrected chi connectivity index (χ3v) is 4.16. The number of carbonyl (C=O) groups is 1. The van der Waals surface area contributed by atoms with Gasteiger partial charge in [0.05, 0.1) is 22.6 Å². The average Bonchev–Trinajstić information content (AvgIpc) is 3.19. The highest BCUT2D eigenvalue weighted by atomic mass is 16.5. The molecule has 0 radical (unpaired) electrons. The highest BCUT2D eigenvalue weighted by Crippen LogP contribution is 2.20. The van der Waals surface area contributed by atoms with Gasteiger partial charge in [-0.25, -0.2) is 4.68 Å². The maximum Gasteiger partial charge on any atom is 0.299 e. The number of hydrogen-bond donors (Lipinski definition) is 1. The lowest BCUT2D eigenvalue weighted by molar-refractivity contribution is 0.0993. The Labute approximate surface area is 146 Å². The number of nitrogens with one attached hydrogen (secondary N) is 1. The van der Waals surface area contributed by atoms with Gasteiger partial charge in [-0.15, -0.1) is 0 Å². The van der Waals surface area contributed by atoms with Crippen molar-refractivity contribution >= 4 is 5.78 Å². The second-order valence-corrected chi connectivity index (χ2v) is 6.03. The number of aryl methyl sites for hydroxylation is 1. The summed E-state index contributed by atoms with van der Waals surface area (Å²) in [7, 11) is 1.86. The standard InChI is InChI=1S/C18H21N5O2/c1-11(19-4)10-15-20-18(25-22-15)17(24)16-12(2)21-23(13(16)3)14-8-6-5-7-9-14/h5-9,11,19H,10H2,1-4H3. The largest absolute Gasteiger partial charge is 0.330 e. The van der Waals surface area contributed by atoms with E-state index in [0.29, 0.717) is 23.5 Å². The minimum atomic E-state index is -0.298. The highest BCUT2D eigenvalue weighted by Gasteiger charge is 2.25. The van der Waals surface area contributed by atoms with Crippen LogP contribution in [0.15, 0.2) is 34.9 Å². The van der Waals surface area contributed by atoms with Crippen LogP contribution in [-0.4, -0.2) is 38.8 Å². The molecule has 3 rings (SSSR count). The first kappa shape index (κ1) is 17.0. The number of aromatic nitrogens is 4. The fourth-order valence-corrected chi connectivity index (χ4v) is 2.70. The summed E-state index contributed by atoms with van der Waals surface area (Å²) in [6.45, 7) is 5.68. The summed E-state index contributed by atoms with van der Waals surface area (Å²) in [4.78, 5) is 17.1. The van der Waals surface area contributed by atoms with Crippen LogP contribution in [0.25, 0.3) is 5.69 Å². The van der Waals surface area contributed by atoms with Gasteiger partial charge in [-0.05, 0) is 40.0 Å². The van der Waals surface area contributed by atoms with Crippen molar-refractivity contribution in [2.45, 2.75) is 33.2 Å². The van der Waals surface area contributed by atoms with Crippen LogP contribution in [-0.2, 0) is 6.42 Å². The van der Waals surface area contributed by atoms with Gasteiger partial charge in [0, 0.05) is 12.5 Å². The Hall–Kier alpha value is -2.80. The number of ketones is 1. The second-order valence-electron chi connectivity index (χ2n) is 6.03. The number of benzene rings is 1. The number of nitrogens with zero attached hydrogens (tertiary/aromatic N) is 4. The molecule has 7 nitrogen and oxygen atoms in total. The number of hydrogen-bond acceptors (Lipinski definition) is 6. The molecule has 2 heterocycles. The van der Waals surface area contributed by atoms with E-state index in [0.717, 1.165) is 11.4 Å². The summed E-state index contributed by atoms with van der Waals surface area (Å²) < 4.78 is 6.93. The Bertz CT molecular complexity index is 882. The smallest absolute Gasteiger partial charge is 0.299 e. The topological polar surface area (TPSA) is 85.8 Å². The third kappa shape index (κ3) is 3.36. The van der Waals surface area contributed by atoms with Crippen molar-refractivity contribution in [1.82, 2.24) is 25.2 Å². The van der Waals surface area contributed by atoms with Gasteiger partial charge < -0.3 is 9.84 Å². The van der Waals surface area contributed by atoms with Gasteiger partial charge in [0.1, 0.15) is 0 Å². The number of rotatable bonds is 6. The van der Waals surface area contributed by atoms with Gasteiger partial charge in [-0.2, -0.15) is 10.1 Å². The van der Waals surface area contributed by atoms with Crippen molar-refractivity contribution in [3.05, 3.63) is 59.0 Å². The molecule has 1 atom stereocenters. The molecule has 0 fully saturated rings. The molecule has 25 heavy (non-hydrogen) atoms. The normalized spacial score (nSPS) is 12.3. The van der Waals surface area contributed by atoms with E-state index in [4.69, 9.17) is 4.52 Å². The van der Waals surface area contributed by atoms with E-state index in [1.165, 1.54) is 0 Å². The van der Waals surface area contributed by atoms with Crippen LogP contribution in [0.3, 0.4) is 0 Å². The maximum atomic E-state index is 12.8. The van der Waals surface area contributed by atoms with Gasteiger partial charge in [-0.3, -0.25) is 4.79 Å². The molecule has 0 saturated carbocycles. The minimum Gasteiger partial charge on any atom is -0.330 e. The van der Waals surface area contributed by atoms with E-state index in [1.54, 1.807) is 11.6 Å². The molecule has 2 aromatic heterocycles. The predicted molar refractivity (Wildman–Crippen MR) is 93.0 cm³/mol. The van der Waals surface area contributed by atoms with Crippen LogP contribution >= 0.6 is 0 Å². The molecule has 0 spiro atoms. The molecule has 0 amide bonds. The molecule has 1 unspecified atom stereocenters. The molecule has 1 N–H and O–H groups in total. The first-order valence-corrected chi connectivity index (χ1v) is 8.17. The molecule has 0 bridgehead atoms. The monoisotopic (exact) mass is 339 g/mol. The summed E-state index contributed by atoms with van der Waals surface area (Å²) in [6, 6.07) is 9.88. The molecule has 0 aliphatic heterocycles. The van der Waals surface area contributed by atoms with Crippen LogP contribution < -0.4 is 5.32 Å². The van der Waals surface area contributed by atoms with Gasteiger partial charge in [-0.1, -0.05) is 23.4 Å². The fraction of sp³-hybridized carbons (Fsp3) is 0.333. The van der Waals surface area contributed by atoms with Gasteiger partial charge in [0.15, 0.2) is 5.82 Å². The van der Waals surface area contributed by atoms with E-state index >= 15 is 0 Å². The van der Waals surface area contributed by atoms with Crippen LogP contribution in [0.4, 0.5) is 0 Å². The summed E-state index contributed by atoms with van der Waals surface area (Å²) in [5, 5.41) is 11.5. The Morgan fingerprint density at radius 3 is 2.68 bits per heavy atom. The van der Waals surface area contributed by atoms with Gasteiger partial charge in [0.25, 0.3) is 11.7 Å². The van der Waals surface area contributed by atoms with Crippen molar-refractivity contribution in [3.63, 3.8) is 0 Å². The molecule has 0 aliphatic carbocycles. The van der Waals surface area contributed by atoms with Crippen LogP contribution in [0.5, 0.6) is 0 Å². The Morgan fingerprint density at radius 2 is 2.00 bits per heavy atom. The number of carbonyl (C=O) groups excluding carboxylic acids is 1. The second kappa shape index (κ2) is 6.98. The molecule has 0 saturated heterocycles. The highest BCUT2D eigenvalue weighted by molar-refractivity contribution is 6.07. The Kier molecular flexibility index (Phi) is 4.76. The Balaban J connectivity index is 1.92. The van der Waals surface area contributed by atoms with Gasteiger partial charge in [0.2, 0.25) is 0 Å². The lowest BCUT2D eigenvalue weighted by atomic mass is 10.1. The molecule has 0 aliphatic rings. The number of likely N-dealkylation sites (N-methyl/N-ethyl adjacent to an activating group) is 1.